The molecule has 0 fully saturated rings. The Bertz CT molecular complexity index is 260. The van der Waals surface area contributed by atoms with Gasteiger partial charge in [0.2, 0.25) is 0 Å². The SMILES string of the molecule is O=C([Se][Na])c1ccc(Cl)cc1. The van der Waals surface area contributed by atoms with E-state index < -0.39 is 0 Å². The topological polar surface area (TPSA) is 17.1 Å². The molecule has 0 N–H and O–H groups in total. The Kier molecular flexibility index (Phi) is 4.14. The van der Waals surface area contributed by atoms with Gasteiger partial charge in [-0.05, 0) is 0 Å². The van der Waals surface area contributed by atoms with Crippen molar-refractivity contribution in [2.75, 3.05) is 0 Å². The van der Waals surface area contributed by atoms with Gasteiger partial charge in [-0.1, -0.05) is 0 Å². The molecular weight excluding hydrogens is 237 g/mol. The second-order valence-corrected chi connectivity index (χ2v) is 6.19. The van der Waals surface area contributed by atoms with E-state index in [4.69, 9.17) is 11.6 Å². The number of benzene rings is 1. The van der Waals surface area contributed by atoms with Crippen molar-refractivity contribution < 1.29 is 4.79 Å². The Morgan fingerprint density at radius 3 is 2.36 bits per heavy atom. The van der Waals surface area contributed by atoms with E-state index in [1.165, 1.54) is 0 Å². The molecule has 0 amide bonds. The van der Waals surface area contributed by atoms with Crippen LogP contribution in [0, 0.1) is 0 Å². The Morgan fingerprint density at radius 1 is 1.36 bits per heavy atom. The number of carbonyl (C=O) groups excluding carboxylic acids is 1. The van der Waals surface area contributed by atoms with Crippen molar-refractivity contribution in [2.45, 2.75) is 0 Å². The van der Waals surface area contributed by atoms with Crippen molar-refractivity contribution >= 4 is 52.2 Å². The standard InChI is InChI=1S/C7H5ClOSe.Na/c8-6-3-1-5(2-4-6)7(9)10;/h1-4H,(H,9,10);/q;+1/p-1. The summed E-state index contributed by atoms with van der Waals surface area (Å²) in [7, 11) is 0.188. The van der Waals surface area contributed by atoms with Crippen LogP contribution in [-0.2, 0) is 0 Å². The van der Waals surface area contributed by atoms with Crippen molar-refractivity contribution in [2.24, 2.45) is 0 Å². The van der Waals surface area contributed by atoms with Crippen LogP contribution in [0.1, 0.15) is 10.4 Å². The zero-order chi connectivity index (χ0) is 8.27. The average molecular weight is 242 g/mol. The van der Waals surface area contributed by atoms with Crippen LogP contribution in [0.4, 0.5) is 0 Å². The fraction of sp³-hybridized carbons (Fsp3) is 0. The third-order valence-corrected chi connectivity index (χ3v) is 4.72. The minimum absolute atomic E-state index is 0.188. The molecule has 52 valence electrons. The first-order valence-electron chi connectivity index (χ1n) is 3.08. The Labute approximate surface area is 90.9 Å². The van der Waals surface area contributed by atoms with Gasteiger partial charge in [0.25, 0.3) is 0 Å². The predicted molar refractivity (Wildman–Crippen MR) is 47.3 cm³/mol. The van der Waals surface area contributed by atoms with Crippen LogP contribution in [-0.4, -0.2) is 40.6 Å². The number of rotatable bonds is 2. The number of hydrogen-bond acceptors (Lipinski definition) is 1. The van der Waals surface area contributed by atoms with Crippen LogP contribution in [0.25, 0.3) is 0 Å². The van der Waals surface area contributed by atoms with Crippen LogP contribution in [0.5, 0.6) is 0 Å². The third-order valence-electron chi connectivity index (χ3n) is 1.27. The first-order valence-corrected chi connectivity index (χ1v) is 10.3. The van der Waals surface area contributed by atoms with Crippen LogP contribution >= 0.6 is 11.6 Å². The van der Waals surface area contributed by atoms with Crippen LogP contribution < -0.4 is 0 Å². The quantitative estimate of drug-likeness (QED) is 0.713. The number of hydrogen-bond donors (Lipinski definition) is 0. The summed E-state index contributed by atoms with van der Waals surface area (Å²) >= 11 is 6.65. The van der Waals surface area contributed by atoms with Gasteiger partial charge in [-0.15, -0.1) is 0 Å². The van der Waals surface area contributed by atoms with E-state index in [1.807, 2.05) is 0 Å². The molecular formula is C7H4ClNaOSe. The fourth-order valence-electron chi connectivity index (χ4n) is 0.704. The maximum atomic E-state index is 11.1. The zero-order valence-corrected chi connectivity index (χ0v) is 10.5. The van der Waals surface area contributed by atoms with Crippen LogP contribution in [0.3, 0.4) is 0 Å². The number of halogens is 1. The molecule has 0 unspecified atom stereocenters. The molecule has 1 rings (SSSR count). The fourth-order valence-corrected chi connectivity index (χ4v) is 2.83. The summed E-state index contributed by atoms with van der Waals surface area (Å²) < 4.78 is 0.279. The summed E-state index contributed by atoms with van der Waals surface area (Å²) in [5, 5.41) is 0.683. The Hall–Kier alpha value is 0.699. The summed E-state index contributed by atoms with van der Waals surface area (Å²) in [6, 6.07) is 7.07. The van der Waals surface area contributed by atoms with Gasteiger partial charge >= 0.3 is 91.8 Å². The predicted octanol–water partition coefficient (Wildman–Crippen LogP) is 1.27. The zero-order valence-electron chi connectivity index (χ0n) is 6.00. The van der Waals surface area contributed by atoms with E-state index >= 15 is 0 Å². The monoisotopic (exact) mass is 242 g/mol. The Morgan fingerprint density at radius 2 is 1.91 bits per heavy atom. The molecule has 0 bridgehead atoms. The van der Waals surface area contributed by atoms with Crippen LogP contribution in [0.15, 0.2) is 24.3 Å². The Balaban J connectivity index is 2.90. The third kappa shape index (κ3) is 2.90. The van der Waals surface area contributed by atoms with Crippen molar-refractivity contribution in [1.29, 1.82) is 0 Å². The van der Waals surface area contributed by atoms with E-state index in [0.29, 0.717) is 5.02 Å². The molecule has 1 nitrogen and oxygen atoms in total. The van der Waals surface area contributed by atoms with Gasteiger partial charge in [0.05, 0.1) is 0 Å². The van der Waals surface area contributed by atoms with E-state index in [9.17, 15) is 4.79 Å². The first kappa shape index (κ1) is 9.78. The second-order valence-electron chi connectivity index (χ2n) is 2.00. The molecule has 0 spiro atoms. The molecule has 0 heterocycles. The van der Waals surface area contributed by atoms with E-state index in [1.54, 1.807) is 24.3 Å². The van der Waals surface area contributed by atoms with Gasteiger partial charge in [-0.3, -0.25) is 0 Å². The average Bonchev–Trinajstić information content (AvgIpc) is 2.05. The molecule has 0 aliphatic heterocycles. The van der Waals surface area contributed by atoms with Crippen molar-refractivity contribution in [1.82, 2.24) is 0 Å². The van der Waals surface area contributed by atoms with Gasteiger partial charge < -0.3 is 0 Å². The summed E-state index contributed by atoms with van der Waals surface area (Å²) in [6.07, 6.45) is 0. The molecule has 0 aromatic heterocycles. The van der Waals surface area contributed by atoms with E-state index in [0.717, 1.165) is 30.9 Å². The molecule has 0 aliphatic rings. The molecule has 1 aromatic rings. The van der Waals surface area contributed by atoms with Crippen molar-refractivity contribution in [3.8, 4) is 0 Å². The van der Waals surface area contributed by atoms with Gasteiger partial charge in [0, 0.05) is 0 Å². The number of carbonyl (C=O) groups is 1. The minimum atomic E-state index is 0.188. The van der Waals surface area contributed by atoms with Crippen molar-refractivity contribution in [3.05, 3.63) is 34.9 Å². The summed E-state index contributed by atoms with van der Waals surface area (Å²) in [5.41, 5.74) is 0.796. The molecule has 0 aliphatic carbocycles. The summed E-state index contributed by atoms with van der Waals surface area (Å²) in [6.45, 7) is 0. The molecule has 1 aromatic carbocycles. The second kappa shape index (κ2) is 4.66. The summed E-state index contributed by atoms with van der Waals surface area (Å²) in [4.78, 5) is 11.1. The molecule has 0 saturated heterocycles. The maximum absolute atomic E-state index is 11.1. The van der Waals surface area contributed by atoms with E-state index in [2.05, 4.69) is 0 Å². The molecule has 11 heavy (non-hydrogen) atoms. The first-order chi connectivity index (χ1) is 5.24. The molecule has 0 radical (unpaired) electrons. The van der Waals surface area contributed by atoms with Crippen molar-refractivity contribution in [3.63, 3.8) is 0 Å². The van der Waals surface area contributed by atoms with Gasteiger partial charge in [0.15, 0.2) is 0 Å². The van der Waals surface area contributed by atoms with E-state index in [-0.39, 0.29) is 15.2 Å². The molecule has 0 atom stereocenters. The summed E-state index contributed by atoms with van der Waals surface area (Å²) in [5.74, 6) is 0. The van der Waals surface area contributed by atoms with Gasteiger partial charge in [0.1, 0.15) is 0 Å². The van der Waals surface area contributed by atoms with Gasteiger partial charge in [-0.25, -0.2) is 0 Å². The molecule has 0 saturated carbocycles. The molecule has 4 heteroatoms. The normalized spacial score (nSPS) is 9.73. The van der Waals surface area contributed by atoms with Crippen LogP contribution in [0.2, 0.25) is 5.02 Å². The van der Waals surface area contributed by atoms with Gasteiger partial charge in [-0.2, -0.15) is 0 Å².